The van der Waals surface area contributed by atoms with E-state index in [1.54, 1.807) is 10.7 Å². The number of carbonyl (C=O) groups is 2. The first-order chi connectivity index (χ1) is 13.3. The van der Waals surface area contributed by atoms with Crippen LogP contribution in [0.1, 0.15) is 27.2 Å². The predicted molar refractivity (Wildman–Crippen MR) is 105 cm³/mol. The second-order valence-corrected chi connectivity index (χ2v) is 7.82. The molecule has 4 rings (SSSR count). The van der Waals surface area contributed by atoms with Crippen molar-refractivity contribution in [2.75, 3.05) is 5.32 Å². The van der Waals surface area contributed by atoms with E-state index in [-0.39, 0.29) is 0 Å². The Balaban J connectivity index is 1.74. The minimum absolute atomic E-state index is 0.291. The predicted octanol–water partition coefficient (Wildman–Crippen LogP) is 3.14. The lowest BCUT2D eigenvalue weighted by atomic mass is 9.94. The molecule has 7 nitrogen and oxygen atoms in total. The lowest BCUT2D eigenvalue weighted by Crippen LogP contribution is -2.22. The molecule has 0 radical (unpaired) electrons. The van der Waals surface area contributed by atoms with Crippen molar-refractivity contribution in [1.29, 1.82) is 0 Å². The summed E-state index contributed by atoms with van der Waals surface area (Å²) in [6, 6.07) is 3.47. The number of thiophene rings is 1. The number of aryl methyl sites for hydroxylation is 1. The molecule has 0 bridgehead atoms. The number of rotatable bonds is 4. The van der Waals surface area contributed by atoms with Crippen LogP contribution in [0.3, 0.4) is 0 Å². The van der Waals surface area contributed by atoms with Gasteiger partial charge < -0.3 is 11.5 Å². The van der Waals surface area contributed by atoms with E-state index >= 15 is 0 Å². The highest BCUT2D eigenvalue weighted by molar-refractivity contribution is 7.20. The van der Waals surface area contributed by atoms with E-state index in [1.807, 2.05) is 6.20 Å². The number of amides is 3. The lowest BCUT2D eigenvalue weighted by Gasteiger charge is -2.11. The maximum Gasteiger partial charge on any atom is 0.317 e. The van der Waals surface area contributed by atoms with Crippen molar-refractivity contribution >= 4 is 39.9 Å². The van der Waals surface area contributed by atoms with Gasteiger partial charge in [-0.2, -0.15) is 5.10 Å². The second kappa shape index (κ2) is 6.92. The fourth-order valence-electron chi connectivity index (χ4n) is 3.37. The van der Waals surface area contributed by atoms with Crippen molar-refractivity contribution in [3.05, 3.63) is 57.6 Å². The molecule has 1 aliphatic carbocycles. The average Bonchev–Trinajstić information content (AvgIpc) is 3.16. The van der Waals surface area contributed by atoms with Gasteiger partial charge in [-0.3, -0.25) is 14.8 Å². The number of primary amides is 2. The Labute approximate surface area is 168 Å². The van der Waals surface area contributed by atoms with Gasteiger partial charge in [0.25, 0.3) is 5.91 Å². The third-order valence-corrected chi connectivity index (χ3v) is 6.06. The number of anilines is 1. The molecule has 3 aromatic rings. The number of nitrogens with zero attached hydrogens (tertiary/aromatic N) is 2. The molecular formula is C18H15ClFN5O2S. The summed E-state index contributed by atoms with van der Waals surface area (Å²) in [5.74, 6) is -1.01. The van der Waals surface area contributed by atoms with Crippen LogP contribution in [-0.2, 0) is 19.4 Å². The molecule has 5 N–H and O–H groups in total. The van der Waals surface area contributed by atoms with Crippen molar-refractivity contribution in [2.24, 2.45) is 11.5 Å². The number of carbonyl (C=O) groups excluding carboxylic acids is 2. The first kappa shape index (κ1) is 18.5. The van der Waals surface area contributed by atoms with Crippen LogP contribution in [0, 0.1) is 5.82 Å². The van der Waals surface area contributed by atoms with E-state index in [0.29, 0.717) is 35.0 Å². The summed E-state index contributed by atoms with van der Waals surface area (Å²) in [7, 11) is 0. The van der Waals surface area contributed by atoms with Gasteiger partial charge in [0.1, 0.15) is 10.8 Å². The Morgan fingerprint density at radius 3 is 2.79 bits per heavy atom. The van der Waals surface area contributed by atoms with Gasteiger partial charge in [-0.05, 0) is 36.1 Å². The van der Waals surface area contributed by atoms with E-state index < -0.39 is 17.8 Å². The number of halogens is 2. The Kier molecular flexibility index (Phi) is 4.56. The third kappa shape index (κ3) is 3.23. The number of hydrogen-bond donors (Lipinski definition) is 3. The maximum absolute atomic E-state index is 13.3. The third-order valence-electron chi connectivity index (χ3n) is 4.53. The van der Waals surface area contributed by atoms with Crippen molar-refractivity contribution in [1.82, 2.24) is 9.78 Å². The summed E-state index contributed by atoms with van der Waals surface area (Å²) in [6.07, 6.45) is 3.05. The molecule has 144 valence electrons. The van der Waals surface area contributed by atoms with Crippen LogP contribution < -0.4 is 16.8 Å². The van der Waals surface area contributed by atoms with Crippen LogP contribution in [0.25, 0.3) is 10.4 Å². The number of nitrogens with two attached hydrogens (primary N) is 2. The Morgan fingerprint density at radius 2 is 2.11 bits per heavy atom. The number of fused-ring (bicyclic) bond motifs is 3. The highest BCUT2D eigenvalue weighted by atomic mass is 35.5. The lowest BCUT2D eigenvalue weighted by molar-refractivity contribution is 0.100. The molecule has 0 fully saturated rings. The van der Waals surface area contributed by atoms with Crippen molar-refractivity contribution in [2.45, 2.75) is 19.4 Å². The highest BCUT2D eigenvalue weighted by Gasteiger charge is 2.29. The van der Waals surface area contributed by atoms with Crippen LogP contribution in [-0.4, -0.2) is 21.7 Å². The van der Waals surface area contributed by atoms with Crippen LogP contribution in [0.2, 0.25) is 5.02 Å². The quantitative estimate of drug-likeness (QED) is 0.603. The zero-order chi connectivity index (χ0) is 20.0. The van der Waals surface area contributed by atoms with Gasteiger partial charge in [-0.15, -0.1) is 11.3 Å². The van der Waals surface area contributed by atoms with Crippen molar-refractivity contribution < 1.29 is 14.0 Å². The fraction of sp³-hybridized carbons (Fsp3) is 0.167. The van der Waals surface area contributed by atoms with Gasteiger partial charge in [-0.25, -0.2) is 9.18 Å². The van der Waals surface area contributed by atoms with E-state index in [2.05, 4.69) is 10.4 Å². The SMILES string of the molecule is NC(=O)Nc1sc2c(c1C(N)=O)CCc1nn(Cc3ccc(F)cc3Cl)cc1-2. The van der Waals surface area contributed by atoms with Gasteiger partial charge in [0.15, 0.2) is 0 Å². The zero-order valence-electron chi connectivity index (χ0n) is 14.5. The minimum atomic E-state index is -0.761. The molecule has 0 saturated carbocycles. The Bertz CT molecular complexity index is 1120. The van der Waals surface area contributed by atoms with Gasteiger partial charge >= 0.3 is 6.03 Å². The van der Waals surface area contributed by atoms with Gasteiger partial charge in [0.2, 0.25) is 0 Å². The van der Waals surface area contributed by atoms with Gasteiger partial charge in [0, 0.05) is 21.7 Å². The molecule has 2 heterocycles. The number of aromatic nitrogens is 2. The molecule has 2 aromatic heterocycles. The molecule has 10 heteroatoms. The van der Waals surface area contributed by atoms with Crippen molar-refractivity contribution in [3.63, 3.8) is 0 Å². The molecular weight excluding hydrogens is 405 g/mol. The summed E-state index contributed by atoms with van der Waals surface area (Å²) in [5, 5.41) is 7.74. The molecule has 3 amide bonds. The monoisotopic (exact) mass is 419 g/mol. The first-order valence-corrected chi connectivity index (χ1v) is 9.55. The molecule has 0 atom stereocenters. The standard InChI is InChI=1S/C18H15ClFN5O2S/c19-12-5-9(20)2-1-8(12)6-25-7-11-13(24-25)4-3-10-14(16(21)26)17(23-18(22)27)28-15(10)11/h1-2,5,7H,3-4,6H2,(H2,21,26)(H3,22,23,27). The summed E-state index contributed by atoms with van der Waals surface area (Å²) >= 11 is 7.36. The number of nitrogens with one attached hydrogen (secondary N) is 1. The first-order valence-electron chi connectivity index (χ1n) is 8.36. The van der Waals surface area contributed by atoms with E-state index in [9.17, 15) is 14.0 Å². The van der Waals surface area contributed by atoms with E-state index in [1.165, 1.54) is 23.5 Å². The van der Waals surface area contributed by atoms with Gasteiger partial charge in [-0.1, -0.05) is 17.7 Å². The Hall–Kier alpha value is -2.91. The number of benzene rings is 1. The summed E-state index contributed by atoms with van der Waals surface area (Å²) in [4.78, 5) is 24.0. The average molecular weight is 420 g/mol. The summed E-state index contributed by atoms with van der Waals surface area (Å²) in [5.41, 5.74) is 14.3. The molecule has 0 spiro atoms. The molecule has 0 saturated heterocycles. The maximum atomic E-state index is 13.3. The van der Waals surface area contributed by atoms with Crippen LogP contribution in [0.15, 0.2) is 24.4 Å². The summed E-state index contributed by atoms with van der Waals surface area (Å²) < 4.78 is 15.0. The smallest absolute Gasteiger partial charge is 0.317 e. The molecule has 28 heavy (non-hydrogen) atoms. The molecule has 1 aliphatic rings. The Morgan fingerprint density at radius 1 is 1.32 bits per heavy atom. The number of hydrogen-bond acceptors (Lipinski definition) is 4. The van der Waals surface area contributed by atoms with E-state index in [4.69, 9.17) is 23.1 Å². The van der Waals surface area contributed by atoms with Crippen LogP contribution in [0.4, 0.5) is 14.2 Å². The normalized spacial score (nSPS) is 12.4. The largest absolute Gasteiger partial charge is 0.365 e. The fourth-order valence-corrected chi connectivity index (χ4v) is 4.88. The number of urea groups is 1. The second-order valence-electron chi connectivity index (χ2n) is 6.39. The molecule has 0 aliphatic heterocycles. The van der Waals surface area contributed by atoms with E-state index in [0.717, 1.165) is 27.3 Å². The zero-order valence-corrected chi connectivity index (χ0v) is 16.0. The topological polar surface area (TPSA) is 116 Å². The highest BCUT2D eigenvalue weighted by Crippen LogP contribution is 2.44. The van der Waals surface area contributed by atoms with Gasteiger partial charge in [0.05, 0.1) is 17.8 Å². The van der Waals surface area contributed by atoms with Crippen LogP contribution >= 0.6 is 22.9 Å². The molecule has 0 unspecified atom stereocenters. The minimum Gasteiger partial charge on any atom is -0.365 e. The van der Waals surface area contributed by atoms with Crippen molar-refractivity contribution in [3.8, 4) is 10.4 Å². The summed E-state index contributed by atoms with van der Waals surface area (Å²) in [6.45, 7) is 0.377. The molecule has 1 aromatic carbocycles. The van der Waals surface area contributed by atoms with Crippen LogP contribution in [0.5, 0.6) is 0 Å².